The summed E-state index contributed by atoms with van der Waals surface area (Å²) >= 11 is 5.75. The van der Waals surface area contributed by atoms with E-state index in [1.807, 2.05) is 19.4 Å². The summed E-state index contributed by atoms with van der Waals surface area (Å²) in [6.45, 7) is 0.783. The van der Waals surface area contributed by atoms with Gasteiger partial charge in [-0.15, -0.1) is 0 Å². The molecule has 0 saturated heterocycles. The molecule has 0 spiro atoms. The van der Waals surface area contributed by atoms with Crippen molar-refractivity contribution in [3.63, 3.8) is 0 Å². The monoisotopic (exact) mass is 337 g/mol. The molecule has 1 aromatic carbocycles. The van der Waals surface area contributed by atoms with Gasteiger partial charge in [0.2, 0.25) is 5.96 Å². The first-order valence-electron chi connectivity index (χ1n) is 8.48. The van der Waals surface area contributed by atoms with Crippen LogP contribution >= 0.6 is 12.2 Å². The highest BCUT2D eigenvalue weighted by Crippen LogP contribution is 2.40. The zero-order valence-electron chi connectivity index (χ0n) is 13.6. The summed E-state index contributed by atoms with van der Waals surface area (Å²) < 4.78 is 2.17. The number of fused-ring (bicyclic) bond motifs is 5. The van der Waals surface area contributed by atoms with Crippen molar-refractivity contribution in [2.45, 2.75) is 37.9 Å². The molecule has 5 nitrogen and oxygen atoms in total. The Hall–Kier alpha value is -2.21. The Morgan fingerprint density at radius 2 is 2.04 bits per heavy atom. The number of anilines is 1. The van der Waals surface area contributed by atoms with E-state index < -0.39 is 0 Å². The van der Waals surface area contributed by atoms with E-state index in [-0.39, 0.29) is 0 Å². The van der Waals surface area contributed by atoms with Crippen LogP contribution in [0.25, 0.3) is 0 Å². The third-order valence-corrected chi connectivity index (χ3v) is 5.79. The van der Waals surface area contributed by atoms with Gasteiger partial charge < -0.3 is 9.47 Å². The molecule has 0 N–H and O–H groups in total. The molecular weight excluding hydrogens is 318 g/mol. The van der Waals surface area contributed by atoms with E-state index in [9.17, 15) is 0 Å². The average molecular weight is 337 g/mol. The quantitative estimate of drug-likeness (QED) is 0.790. The molecule has 6 heteroatoms. The van der Waals surface area contributed by atoms with Gasteiger partial charge in [-0.25, -0.2) is 9.98 Å². The smallest absolute Gasteiger partial charge is 0.208 e. The fraction of sp³-hybridized carbons (Fsp3) is 0.389. The van der Waals surface area contributed by atoms with Crippen LogP contribution in [0.15, 0.2) is 41.7 Å². The van der Waals surface area contributed by atoms with Crippen LogP contribution in [0.4, 0.5) is 5.82 Å². The maximum atomic E-state index is 5.75. The lowest BCUT2D eigenvalue weighted by Crippen LogP contribution is -2.51. The van der Waals surface area contributed by atoms with E-state index in [0.29, 0.717) is 12.1 Å². The number of imidazole rings is 1. The number of aliphatic imine (C=N–C) groups is 1. The van der Waals surface area contributed by atoms with Crippen molar-refractivity contribution >= 4 is 29.0 Å². The average Bonchev–Trinajstić information content (AvgIpc) is 3.27. The topological polar surface area (TPSA) is 36.7 Å². The number of benzene rings is 1. The van der Waals surface area contributed by atoms with Crippen LogP contribution in [-0.4, -0.2) is 44.5 Å². The Morgan fingerprint density at radius 1 is 1.21 bits per heavy atom. The van der Waals surface area contributed by atoms with E-state index >= 15 is 0 Å². The summed E-state index contributed by atoms with van der Waals surface area (Å²) in [6.07, 6.45) is 5.52. The third-order valence-electron chi connectivity index (χ3n) is 5.32. The van der Waals surface area contributed by atoms with Gasteiger partial charge in [-0.2, -0.15) is 0 Å². The largest absolute Gasteiger partial charge is 0.322 e. The molecule has 0 unspecified atom stereocenters. The van der Waals surface area contributed by atoms with Crippen LogP contribution in [0.2, 0.25) is 0 Å². The second-order valence-electron chi connectivity index (χ2n) is 6.76. The molecule has 0 bridgehead atoms. The molecule has 1 fully saturated rings. The lowest BCUT2D eigenvalue weighted by atomic mass is 10.1. The Labute approximate surface area is 146 Å². The number of nitrogens with zero attached hydrogens (tertiary/aromatic N) is 5. The fourth-order valence-corrected chi connectivity index (χ4v) is 4.44. The minimum atomic E-state index is 0.399. The van der Waals surface area contributed by atoms with Gasteiger partial charge in [-0.3, -0.25) is 4.90 Å². The summed E-state index contributed by atoms with van der Waals surface area (Å²) in [4.78, 5) is 14.9. The van der Waals surface area contributed by atoms with E-state index in [4.69, 9.17) is 22.2 Å². The van der Waals surface area contributed by atoms with Crippen molar-refractivity contribution in [2.75, 3.05) is 11.9 Å². The lowest BCUT2D eigenvalue weighted by Gasteiger charge is -2.36. The molecule has 3 heterocycles. The SMILES string of the molecule is CN1C(=S)c2c(ncn2Cc2ccccc2)N2C1=N[C@@H]1CCC[C@@H]12. The fourth-order valence-electron chi connectivity index (χ4n) is 4.15. The first-order chi connectivity index (χ1) is 11.7. The number of rotatable bonds is 2. The van der Waals surface area contributed by atoms with Crippen molar-refractivity contribution in [2.24, 2.45) is 4.99 Å². The van der Waals surface area contributed by atoms with Gasteiger partial charge >= 0.3 is 0 Å². The molecule has 2 atom stereocenters. The molecule has 1 saturated carbocycles. The normalized spacial score (nSPS) is 24.7. The van der Waals surface area contributed by atoms with Gasteiger partial charge in [0, 0.05) is 13.6 Å². The number of thiocarbonyl (C=S) groups is 1. The predicted octanol–water partition coefficient (Wildman–Crippen LogP) is 2.65. The number of hydrogen-bond acceptors (Lipinski definition) is 4. The van der Waals surface area contributed by atoms with Crippen molar-refractivity contribution in [1.29, 1.82) is 0 Å². The van der Waals surface area contributed by atoms with Crippen molar-refractivity contribution < 1.29 is 0 Å². The molecule has 2 aromatic rings. The van der Waals surface area contributed by atoms with Crippen molar-refractivity contribution in [3.8, 4) is 0 Å². The summed E-state index contributed by atoms with van der Waals surface area (Å²) in [5.41, 5.74) is 2.30. The molecule has 122 valence electrons. The highest BCUT2D eigenvalue weighted by atomic mass is 32.1. The highest BCUT2D eigenvalue weighted by Gasteiger charge is 2.47. The van der Waals surface area contributed by atoms with E-state index in [0.717, 1.165) is 29.0 Å². The molecule has 1 aromatic heterocycles. The van der Waals surface area contributed by atoms with Crippen LogP contribution in [0.1, 0.15) is 30.5 Å². The van der Waals surface area contributed by atoms with Gasteiger partial charge in [-0.1, -0.05) is 42.5 Å². The first kappa shape index (κ1) is 14.2. The van der Waals surface area contributed by atoms with Gasteiger partial charge in [0.05, 0.1) is 18.4 Å². The van der Waals surface area contributed by atoms with Gasteiger partial charge in [0.1, 0.15) is 10.7 Å². The van der Waals surface area contributed by atoms with E-state index in [1.54, 1.807) is 0 Å². The van der Waals surface area contributed by atoms with E-state index in [2.05, 4.69) is 38.6 Å². The van der Waals surface area contributed by atoms with Crippen LogP contribution in [0, 0.1) is 0 Å². The van der Waals surface area contributed by atoms with Crippen LogP contribution in [0.5, 0.6) is 0 Å². The zero-order chi connectivity index (χ0) is 16.3. The standard InChI is InChI=1S/C18H19N5S/c1-21-17(24)15-16(23-14-9-5-8-13(14)20-18(21)23)19-11-22(15)10-12-6-3-2-4-7-12/h2-4,6-7,11,13-14H,5,8-10H2,1H3/t13-,14+/m1/s1. The third kappa shape index (κ3) is 1.89. The maximum absolute atomic E-state index is 5.75. The zero-order valence-corrected chi connectivity index (χ0v) is 14.4. The molecule has 5 rings (SSSR count). The van der Waals surface area contributed by atoms with Crippen LogP contribution in [-0.2, 0) is 6.54 Å². The second kappa shape index (κ2) is 5.14. The summed E-state index contributed by atoms with van der Waals surface area (Å²) in [5.74, 6) is 1.97. The number of aromatic nitrogens is 2. The Balaban J connectivity index is 1.59. The lowest BCUT2D eigenvalue weighted by molar-refractivity contribution is 0.627. The molecule has 1 aliphatic carbocycles. The summed E-state index contributed by atoms with van der Waals surface area (Å²) in [6, 6.07) is 11.3. The Morgan fingerprint density at radius 3 is 2.88 bits per heavy atom. The molecule has 0 radical (unpaired) electrons. The van der Waals surface area contributed by atoms with Crippen molar-refractivity contribution in [1.82, 2.24) is 14.5 Å². The predicted molar refractivity (Wildman–Crippen MR) is 98.6 cm³/mol. The first-order valence-corrected chi connectivity index (χ1v) is 8.89. The van der Waals surface area contributed by atoms with Gasteiger partial charge in [-0.05, 0) is 24.8 Å². The minimum Gasteiger partial charge on any atom is -0.322 e. The second-order valence-corrected chi connectivity index (χ2v) is 7.15. The van der Waals surface area contributed by atoms with Gasteiger partial charge in [0.25, 0.3) is 0 Å². The Kier molecular flexibility index (Phi) is 3.03. The Bertz CT molecular complexity index is 840. The molecular formula is C18H19N5S. The number of guanidine groups is 1. The summed E-state index contributed by atoms with van der Waals surface area (Å²) in [7, 11) is 2.03. The van der Waals surface area contributed by atoms with Crippen LogP contribution in [0.3, 0.4) is 0 Å². The molecule has 24 heavy (non-hydrogen) atoms. The number of hydrogen-bond donors (Lipinski definition) is 0. The van der Waals surface area contributed by atoms with Crippen molar-refractivity contribution in [3.05, 3.63) is 47.9 Å². The van der Waals surface area contributed by atoms with E-state index in [1.165, 1.54) is 24.8 Å². The molecule has 2 aliphatic heterocycles. The highest BCUT2D eigenvalue weighted by molar-refractivity contribution is 7.80. The molecule has 3 aliphatic rings. The minimum absolute atomic E-state index is 0.399. The summed E-state index contributed by atoms with van der Waals surface area (Å²) in [5, 5.41) is 0. The maximum Gasteiger partial charge on any atom is 0.208 e. The van der Waals surface area contributed by atoms with Crippen LogP contribution < -0.4 is 4.90 Å². The molecule has 0 amide bonds. The van der Waals surface area contributed by atoms with Gasteiger partial charge in [0.15, 0.2) is 5.82 Å².